The molecule has 0 aliphatic carbocycles. The standard InChI is InChI=1S/C13H28/c1-7-11(4)8-12(5)9-13(6)10(2)3/h10-13H,7-9H2,1-6H3. The highest BCUT2D eigenvalue weighted by Gasteiger charge is 2.13. The molecule has 0 heteroatoms. The molecule has 0 bridgehead atoms. The van der Waals surface area contributed by atoms with Gasteiger partial charge in [-0.1, -0.05) is 48.0 Å². The van der Waals surface area contributed by atoms with Gasteiger partial charge in [-0.15, -0.1) is 0 Å². The molecule has 3 unspecified atom stereocenters. The first-order chi connectivity index (χ1) is 5.97. The maximum atomic E-state index is 2.41. The lowest BCUT2D eigenvalue weighted by Crippen LogP contribution is -2.11. The zero-order valence-electron chi connectivity index (χ0n) is 10.4. The van der Waals surface area contributed by atoms with Crippen LogP contribution in [0.3, 0.4) is 0 Å². The van der Waals surface area contributed by atoms with Gasteiger partial charge >= 0.3 is 0 Å². The molecular weight excluding hydrogens is 156 g/mol. The van der Waals surface area contributed by atoms with E-state index in [4.69, 9.17) is 0 Å². The summed E-state index contributed by atoms with van der Waals surface area (Å²) in [6.07, 6.45) is 4.15. The van der Waals surface area contributed by atoms with Crippen molar-refractivity contribution in [2.45, 2.75) is 60.8 Å². The summed E-state index contributed by atoms with van der Waals surface area (Å²) in [5.74, 6) is 3.56. The minimum atomic E-state index is 0.847. The van der Waals surface area contributed by atoms with Gasteiger partial charge in [0, 0.05) is 0 Å². The SMILES string of the molecule is CCC(C)CC(C)CC(C)C(C)C. The fourth-order valence-corrected chi connectivity index (χ4v) is 1.86. The molecule has 0 aliphatic rings. The molecule has 0 aromatic rings. The third-order valence-corrected chi connectivity index (χ3v) is 3.41. The Morgan fingerprint density at radius 2 is 1.31 bits per heavy atom. The van der Waals surface area contributed by atoms with Crippen molar-refractivity contribution in [2.75, 3.05) is 0 Å². The lowest BCUT2D eigenvalue weighted by Gasteiger charge is -2.22. The van der Waals surface area contributed by atoms with Crippen molar-refractivity contribution >= 4 is 0 Å². The molecule has 0 heterocycles. The Hall–Kier alpha value is 0. The minimum Gasteiger partial charge on any atom is -0.0651 e. The average molecular weight is 184 g/mol. The van der Waals surface area contributed by atoms with Crippen LogP contribution in [0.2, 0.25) is 0 Å². The first-order valence-corrected chi connectivity index (χ1v) is 5.97. The van der Waals surface area contributed by atoms with Gasteiger partial charge in [-0.05, 0) is 36.5 Å². The first kappa shape index (κ1) is 13.0. The van der Waals surface area contributed by atoms with E-state index in [0.717, 1.165) is 23.7 Å². The molecule has 0 N–H and O–H groups in total. The number of hydrogen-bond acceptors (Lipinski definition) is 0. The van der Waals surface area contributed by atoms with E-state index in [1.807, 2.05) is 0 Å². The van der Waals surface area contributed by atoms with E-state index in [9.17, 15) is 0 Å². The smallest absolute Gasteiger partial charge is 0.0417 e. The van der Waals surface area contributed by atoms with Crippen molar-refractivity contribution in [2.24, 2.45) is 23.7 Å². The van der Waals surface area contributed by atoms with Crippen molar-refractivity contribution in [1.29, 1.82) is 0 Å². The third kappa shape index (κ3) is 6.12. The van der Waals surface area contributed by atoms with Gasteiger partial charge in [-0.2, -0.15) is 0 Å². The molecule has 0 saturated heterocycles. The Kier molecular flexibility index (Phi) is 6.45. The van der Waals surface area contributed by atoms with Crippen LogP contribution in [0.4, 0.5) is 0 Å². The van der Waals surface area contributed by atoms with Crippen LogP contribution in [0, 0.1) is 23.7 Å². The molecule has 0 aromatic heterocycles. The molecule has 0 rings (SSSR count). The predicted molar refractivity (Wildman–Crippen MR) is 61.9 cm³/mol. The summed E-state index contributed by atoms with van der Waals surface area (Å²) >= 11 is 0. The van der Waals surface area contributed by atoms with Gasteiger partial charge in [-0.25, -0.2) is 0 Å². The summed E-state index contributed by atoms with van der Waals surface area (Å²) in [5.41, 5.74) is 0. The van der Waals surface area contributed by atoms with Crippen LogP contribution in [-0.2, 0) is 0 Å². The van der Waals surface area contributed by atoms with Crippen LogP contribution in [0.25, 0.3) is 0 Å². The monoisotopic (exact) mass is 184 g/mol. The van der Waals surface area contributed by atoms with E-state index in [1.54, 1.807) is 0 Å². The van der Waals surface area contributed by atoms with E-state index in [1.165, 1.54) is 19.3 Å². The van der Waals surface area contributed by atoms with Gasteiger partial charge in [0.2, 0.25) is 0 Å². The maximum absolute atomic E-state index is 2.41. The van der Waals surface area contributed by atoms with Crippen molar-refractivity contribution in [3.63, 3.8) is 0 Å². The summed E-state index contributed by atoms with van der Waals surface area (Å²) < 4.78 is 0. The van der Waals surface area contributed by atoms with Crippen LogP contribution in [0.1, 0.15) is 60.8 Å². The molecule has 0 aliphatic heterocycles. The maximum Gasteiger partial charge on any atom is -0.0417 e. The fraction of sp³-hybridized carbons (Fsp3) is 1.00. The van der Waals surface area contributed by atoms with E-state index in [-0.39, 0.29) is 0 Å². The van der Waals surface area contributed by atoms with E-state index < -0.39 is 0 Å². The summed E-state index contributed by atoms with van der Waals surface area (Å²) in [6.45, 7) is 14.1. The van der Waals surface area contributed by atoms with Gasteiger partial charge in [0.1, 0.15) is 0 Å². The molecule has 80 valence electrons. The Morgan fingerprint density at radius 1 is 0.769 bits per heavy atom. The molecule has 13 heavy (non-hydrogen) atoms. The number of rotatable bonds is 6. The van der Waals surface area contributed by atoms with Crippen molar-refractivity contribution in [3.05, 3.63) is 0 Å². The van der Waals surface area contributed by atoms with Crippen molar-refractivity contribution in [3.8, 4) is 0 Å². The Bertz CT molecular complexity index is 115. The Labute approximate surface area is 85.1 Å². The first-order valence-electron chi connectivity index (χ1n) is 5.97. The minimum absolute atomic E-state index is 0.847. The third-order valence-electron chi connectivity index (χ3n) is 3.41. The topological polar surface area (TPSA) is 0 Å². The highest BCUT2D eigenvalue weighted by atomic mass is 14.2. The van der Waals surface area contributed by atoms with Crippen molar-refractivity contribution < 1.29 is 0 Å². The molecular formula is C13H28. The molecule has 0 aromatic carbocycles. The molecule has 0 radical (unpaired) electrons. The van der Waals surface area contributed by atoms with Crippen LogP contribution in [0.15, 0.2) is 0 Å². The van der Waals surface area contributed by atoms with E-state index >= 15 is 0 Å². The molecule has 3 atom stereocenters. The van der Waals surface area contributed by atoms with Gasteiger partial charge in [-0.3, -0.25) is 0 Å². The van der Waals surface area contributed by atoms with Crippen LogP contribution in [0.5, 0.6) is 0 Å². The Morgan fingerprint density at radius 3 is 1.69 bits per heavy atom. The second kappa shape index (κ2) is 6.45. The van der Waals surface area contributed by atoms with Crippen LogP contribution < -0.4 is 0 Å². The largest absolute Gasteiger partial charge is 0.0651 e. The lowest BCUT2D eigenvalue weighted by molar-refractivity contribution is 0.293. The highest BCUT2D eigenvalue weighted by Crippen LogP contribution is 2.24. The van der Waals surface area contributed by atoms with Crippen LogP contribution in [-0.4, -0.2) is 0 Å². The molecule has 0 fully saturated rings. The summed E-state index contributed by atoms with van der Waals surface area (Å²) in [4.78, 5) is 0. The van der Waals surface area contributed by atoms with Gasteiger partial charge in [0.15, 0.2) is 0 Å². The second-order valence-electron chi connectivity index (χ2n) is 5.31. The summed E-state index contributed by atoms with van der Waals surface area (Å²) in [6, 6.07) is 0. The summed E-state index contributed by atoms with van der Waals surface area (Å²) in [7, 11) is 0. The normalized spacial score (nSPS) is 18.7. The summed E-state index contributed by atoms with van der Waals surface area (Å²) in [5, 5.41) is 0. The second-order valence-corrected chi connectivity index (χ2v) is 5.31. The van der Waals surface area contributed by atoms with Gasteiger partial charge in [0.25, 0.3) is 0 Å². The predicted octanol–water partition coefficient (Wildman–Crippen LogP) is 4.74. The molecule has 0 spiro atoms. The average Bonchev–Trinajstić information content (AvgIpc) is 2.03. The van der Waals surface area contributed by atoms with Gasteiger partial charge < -0.3 is 0 Å². The lowest BCUT2D eigenvalue weighted by atomic mass is 9.84. The van der Waals surface area contributed by atoms with Crippen LogP contribution >= 0.6 is 0 Å². The quantitative estimate of drug-likeness (QED) is 0.559. The Balaban J connectivity index is 3.67. The molecule has 0 amide bonds. The van der Waals surface area contributed by atoms with Gasteiger partial charge in [0.05, 0.1) is 0 Å². The van der Waals surface area contributed by atoms with E-state index in [2.05, 4.69) is 41.5 Å². The highest BCUT2D eigenvalue weighted by molar-refractivity contribution is 4.64. The zero-order chi connectivity index (χ0) is 10.4. The van der Waals surface area contributed by atoms with E-state index in [0.29, 0.717) is 0 Å². The molecule has 0 nitrogen and oxygen atoms in total. The van der Waals surface area contributed by atoms with Crippen molar-refractivity contribution in [1.82, 2.24) is 0 Å². The number of hydrogen-bond donors (Lipinski definition) is 0. The fourth-order valence-electron chi connectivity index (χ4n) is 1.86. The zero-order valence-corrected chi connectivity index (χ0v) is 10.4. The molecule has 0 saturated carbocycles.